The molecule has 0 radical (unpaired) electrons. The molecule has 0 saturated carbocycles. The summed E-state index contributed by atoms with van der Waals surface area (Å²) in [5.74, 6) is -5.10. The lowest BCUT2D eigenvalue weighted by molar-refractivity contribution is -0.385. The largest absolute Gasteiger partial charge is 0.466 e. The average Bonchev–Trinajstić information content (AvgIpc) is 2.71. The number of aliphatic imine (C=N–C) groups is 1. The number of esters is 2. The van der Waals surface area contributed by atoms with Gasteiger partial charge >= 0.3 is 11.9 Å². The quantitative estimate of drug-likeness (QED) is 0.292. The topological polar surface area (TPSA) is 145 Å². The molecule has 1 aromatic rings. The van der Waals surface area contributed by atoms with Crippen LogP contribution in [0.3, 0.4) is 0 Å². The van der Waals surface area contributed by atoms with E-state index in [0.717, 1.165) is 0 Å². The molecule has 0 fully saturated rings. The molecule has 29 heavy (non-hydrogen) atoms. The number of hydrogen-bond donors (Lipinski definition) is 1. The predicted molar refractivity (Wildman–Crippen MR) is 100 cm³/mol. The van der Waals surface area contributed by atoms with Crippen LogP contribution in [0.5, 0.6) is 0 Å². The number of nitro benzene ring substituents is 1. The second-order valence-corrected chi connectivity index (χ2v) is 6.39. The van der Waals surface area contributed by atoms with Crippen LogP contribution >= 0.6 is 0 Å². The first-order valence-electron chi connectivity index (χ1n) is 9.04. The summed E-state index contributed by atoms with van der Waals surface area (Å²) in [5.41, 5.74) is 0.00227. The fraction of sp³-hybridized carbons (Fsp3) is 0.474. The van der Waals surface area contributed by atoms with Gasteiger partial charge in [0.25, 0.3) is 5.69 Å². The van der Waals surface area contributed by atoms with Crippen molar-refractivity contribution < 1.29 is 33.9 Å². The Morgan fingerprint density at radius 3 is 2.55 bits per heavy atom. The van der Waals surface area contributed by atoms with Crippen molar-refractivity contribution in [2.24, 2.45) is 16.8 Å². The second kappa shape index (κ2) is 9.87. The van der Waals surface area contributed by atoms with Crippen molar-refractivity contribution >= 4 is 29.6 Å². The van der Waals surface area contributed by atoms with E-state index in [0.29, 0.717) is 6.29 Å². The van der Waals surface area contributed by atoms with E-state index in [-0.39, 0.29) is 30.2 Å². The number of carbonyl (C=O) groups excluding carboxylic acids is 3. The van der Waals surface area contributed by atoms with E-state index in [1.54, 1.807) is 6.92 Å². The number of ether oxygens (including phenoxy) is 2. The van der Waals surface area contributed by atoms with Gasteiger partial charge in [-0.05, 0) is 13.8 Å². The molecule has 1 N–H and O–H groups in total. The third kappa shape index (κ3) is 4.65. The van der Waals surface area contributed by atoms with Gasteiger partial charge in [-0.2, -0.15) is 0 Å². The number of hydrogen-bond acceptors (Lipinski definition) is 9. The summed E-state index contributed by atoms with van der Waals surface area (Å²) >= 11 is 0. The van der Waals surface area contributed by atoms with Crippen molar-refractivity contribution in [3.05, 3.63) is 39.9 Å². The lowest BCUT2D eigenvalue weighted by Gasteiger charge is -2.36. The Balaban J connectivity index is 2.70. The summed E-state index contributed by atoms with van der Waals surface area (Å²) in [6.07, 6.45) is 0.460. The molecule has 0 amide bonds. The molecule has 2 rings (SSSR count). The van der Waals surface area contributed by atoms with Crippen molar-refractivity contribution in [2.75, 3.05) is 19.8 Å². The van der Waals surface area contributed by atoms with Gasteiger partial charge in [0, 0.05) is 23.3 Å². The van der Waals surface area contributed by atoms with Crippen LogP contribution in [0.1, 0.15) is 25.3 Å². The summed E-state index contributed by atoms with van der Waals surface area (Å²) < 4.78 is 10.1. The molecule has 0 bridgehead atoms. The van der Waals surface area contributed by atoms with Crippen LogP contribution in [0.15, 0.2) is 29.3 Å². The zero-order valence-corrected chi connectivity index (χ0v) is 16.0. The maximum absolute atomic E-state index is 12.7. The van der Waals surface area contributed by atoms with Crippen molar-refractivity contribution in [3.8, 4) is 0 Å². The SMILES string of the molecule is CCOC(=O)C1C(C=O)N=C(C)C(C(=O)OCCO)C1c1ccccc1[N+](=O)[O-]. The number of rotatable bonds is 8. The van der Waals surface area contributed by atoms with E-state index in [1.165, 1.54) is 31.2 Å². The van der Waals surface area contributed by atoms with Crippen LogP contribution in [-0.4, -0.2) is 59.8 Å². The predicted octanol–water partition coefficient (Wildman–Crippen LogP) is 1.05. The standard InChI is InChI=1S/C19H22N2O8/c1-3-28-19(25)17-13(10-23)20-11(2)15(18(24)29-9-8-22)16(17)12-6-4-5-7-14(12)21(26)27/h4-7,10,13,15-17,22H,3,8-9H2,1-2H3. The van der Waals surface area contributed by atoms with Crippen LogP contribution in [0, 0.1) is 22.0 Å². The maximum Gasteiger partial charge on any atom is 0.315 e. The van der Waals surface area contributed by atoms with Gasteiger partial charge in [0.2, 0.25) is 0 Å². The third-order valence-corrected chi connectivity index (χ3v) is 4.70. The van der Waals surface area contributed by atoms with Gasteiger partial charge in [-0.25, -0.2) is 0 Å². The van der Waals surface area contributed by atoms with E-state index < -0.39 is 47.3 Å². The summed E-state index contributed by atoms with van der Waals surface area (Å²) in [6, 6.07) is 4.52. The molecule has 0 aliphatic carbocycles. The van der Waals surface area contributed by atoms with Crippen LogP contribution in [-0.2, 0) is 23.9 Å². The number of nitrogens with zero attached hydrogens (tertiary/aromatic N) is 2. The molecule has 10 heteroatoms. The Morgan fingerprint density at radius 1 is 1.28 bits per heavy atom. The highest BCUT2D eigenvalue weighted by Gasteiger charge is 2.50. The lowest BCUT2D eigenvalue weighted by atomic mass is 9.69. The molecule has 1 heterocycles. The maximum atomic E-state index is 12.7. The van der Waals surface area contributed by atoms with Gasteiger partial charge in [0.15, 0.2) is 0 Å². The normalized spacial score (nSPS) is 23.6. The van der Waals surface area contributed by atoms with Crippen molar-refractivity contribution in [3.63, 3.8) is 0 Å². The summed E-state index contributed by atoms with van der Waals surface area (Å²) in [5, 5.41) is 20.5. The molecule has 1 aliphatic heterocycles. The number of carbonyl (C=O) groups is 3. The monoisotopic (exact) mass is 406 g/mol. The third-order valence-electron chi connectivity index (χ3n) is 4.70. The van der Waals surface area contributed by atoms with Gasteiger partial charge in [-0.1, -0.05) is 18.2 Å². The smallest absolute Gasteiger partial charge is 0.315 e. The van der Waals surface area contributed by atoms with Crippen molar-refractivity contribution in [1.82, 2.24) is 0 Å². The zero-order valence-electron chi connectivity index (χ0n) is 16.0. The van der Waals surface area contributed by atoms with Gasteiger partial charge in [0.1, 0.15) is 24.9 Å². The summed E-state index contributed by atoms with van der Waals surface area (Å²) in [7, 11) is 0. The summed E-state index contributed by atoms with van der Waals surface area (Å²) in [4.78, 5) is 52.2. The molecule has 0 saturated heterocycles. The van der Waals surface area contributed by atoms with E-state index in [4.69, 9.17) is 14.6 Å². The number of aliphatic hydroxyl groups is 1. The van der Waals surface area contributed by atoms with Gasteiger partial charge < -0.3 is 19.4 Å². The van der Waals surface area contributed by atoms with Gasteiger partial charge in [-0.3, -0.25) is 24.7 Å². The first-order valence-corrected chi connectivity index (χ1v) is 9.04. The van der Waals surface area contributed by atoms with Crippen molar-refractivity contribution in [1.29, 1.82) is 0 Å². The molecule has 0 spiro atoms. The van der Waals surface area contributed by atoms with Crippen molar-refractivity contribution in [2.45, 2.75) is 25.8 Å². The highest BCUT2D eigenvalue weighted by atomic mass is 16.6. The van der Waals surface area contributed by atoms with E-state index >= 15 is 0 Å². The average molecular weight is 406 g/mol. The minimum absolute atomic E-state index is 0.0207. The molecule has 156 valence electrons. The van der Waals surface area contributed by atoms with Crippen LogP contribution in [0.4, 0.5) is 5.69 Å². The number of nitro groups is 1. The second-order valence-electron chi connectivity index (χ2n) is 6.39. The molecule has 10 nitrogen and oxygen atoms in total. The Labute approximate surface area is 166 Å². The molecule has 1 aromatic carbocycles. The van der Waals surface area contributed by atoms with Gasteiger partial charge in [0.05, 0.1) is 24.1 Å². The highest BCUT2D eigenvalue weighted by Crippen LogP contribution is 2.43. The number of benzene rings is 1. The Kier molecular flexibility index (Phi) is 7.54. The van der Waals surface area contributed by atoms with Crippen LogP contribution in [0.2, 0.25) is 0 Å². The fourth-order valence-electron chi connectivity index (χ4n) is 3.58. The summed E-state index contributed by atoms with van der Waals surface area (Å²) in [6.45, 7) is 2.39. The zero-order chi connectivity index (χ0) is 21.6. The van der Waals surface area contributed by atoms with Gasteiger partial charge in [-0.15, -0.1) is 0 Å². The molecule has 4 unspecified atom stereocenters. The lowest BCUT2D eigenvalue weighted by Crippen LogP contribution is -2.47. The van der Waals surface area contributed by atoms with E-state index in [2.05, 4.69) is 4.99 Å². The first-order chi connectivity index (χ1) is 13.9. The minimum atomic E-state index is -1.25. The Morgan fingerprint density at radius 2 is 1.97 bits per heavy atom. The molecule has 4 atom stereocenters. The minimum Gasteiger partial charge on any atom is -0.466 e. The molecule has 0 aromatic heterocycles. The number of aldehydes is 1. The fourth-order valence-corrected chi connectivity index (χ4v) is 3.58. The van der Waals surface area contributed by atoms with Crippen LogP contribution < -0.4 is 0 Å². The Hall–Kier alpha value is -3.14. The number of aliphatic hydroxyl groups excluding tert-OH is 1. The Bertz CT molecular complexity index is 822. The van der Waals surface area contributed by atoms with E-state index in [1.807, 2.05) is 0 Å². The molecule has 1 aliphatic rings. The molecular formula is C19H22N2O8. The highest BCUT2D eigenvalue weighted by molar-refractivity contribution is 6.04. The van der Waals surface area contributed by atoms with Crippen LogP contribution in [0.25, 0.3) is 0 Å². The first kappa shape index (κ1) is 22.2. The molecular weight excluding hydrogens is 384 g/mol. The number of para-hydroxylation sites is 1. The van der Waals surface area contributed by atoms with E-state index in [9.17, 15) is 24.5 Å².